The number of hydrogen-bond donors (Lipinski definition) is 1. The van der Waals surface area contributed by atoms with E-state index >= 15 is 0 Å². The number of hydrogen-bond acceptors (Lipinski definition) is 5. The maximum atomic E-state index is 13.3. The SMILES string of the molecule is Cn1nc(C(F)F)nc1C(=O)N1CCc2[nH]cnc2C1c1cc2cc(C(F)(F)F)ccn2n1. The van der Waals surface area contributed by atoms with Crippen LogP contribution in [0.5, 0.6) is 0 Å². The van der Waals surface area contributed by atoms with E-state index in [0.717, 1.165) is 22.5 Å². The number of carbonyl (C=O) groups excluding carboxylic acids is 1. The molecule has 14 heteroatoms. The van der Waals surface area contributed by atoms with Gasteiger partial charge in [0.2, 0.25) is 11.6 Å². The molecular weight excluding hydrogens is 451 g/mol. The van der Waals surface area contributed by atoms with Gasteiger partial charge in [-0.25, -0.2) is 27.9 Å². The highest BCUT2D eigenvalue weighted by Gasteiger charge is 2.38. The molecule has 4 aromatic rings. The van der Waals surface area contributed by atoms with Crippen LogP contribution in [0.2, 0.25) is 0 Å². The second-order valence-electron chi connectivity index (χ2n) is 7.49. The smallest absolute Gasteiger partial charge is 0.348 e. The number of halogens is 5. The minimum Gasteiger partial charge on any atom is -0.348 e. The minimum atomic E-state index is -4.53. The molecule has 0 saturated heterocycles. The lowest BCUT2D eigenvalue weighted by molar-refractivity contribution is -0.137. The Labute approximate surface area is 181 Å². The lowest BCUT2D eigenvalue weighted by atomic mass is 9.99. The average molecular weight is 466 g/mol. The van der Waals surface area contributed by atoms with Gasteiger partial charge in [-0.3, -0.25) is 4.79 Å². The third-order valence-electron chi connectivity index (χ3n) is 5.44. The zero-order chi connectivity index (χ0) is 23.5. The number of H-pyrrole nitrogens is 1. The van der Waals surface area contributed by atoms with E-state index in [0.29, 0.717) is 12.1 Å². The van der Waals surface area contributed by atoms with Crippen LogP contribution in [0.25, 0.3) is 5.52 Å². The molecule has 0 fully saturated rings. The van der Waals surface area contributed by atoms with Gasteiger partial charge in [-0.15, -0.1) is 5.10 Å². The van der Waals surface area contributed by atoms with Crippen LogP contribution in [0.15, 0.2) is 30.7 Å². The predicted molar refractivity (Wildman–Crippen MR) is 101 cm³/mol. The lowest BCUT2D eigenvalue weighted by Gasteiger charge is -2.33. The van der Waals surface area contributed by atoms with Gasteiger partial charge < -0.3 is 9.88 Å². The molecule has 0 aliphatic carbocycles. The molecule has 0 bridgehead atoms. The molecule has 1 amide bonds. The molecule has 172 valence electrons. The number of fused-ring (bicyclic) bond motifs is 2. The fourth-order valence-corrected chi connectivity index (χ4v) is 3.93. The topological polar surface area (TPSA) is 97.0 Å². The van der Waals surface area contributed by atoms with Gasteiger partial charge in [0.15, 0.2) is 0 Å². The normalized spacial score (nSPS) is 16.6. The van der Waals surface area contributed by atoms with Crippen molar-refractivity contribution >= 4 is 11.4 Å². The van der Waals surface area contributed by atoms with Gasteiger partial charge in [-0.05, 0) is 18.2 Å². The van der Waals surface area contributed by atoms with Gasteiger partial charge in [0.05, 0.1) is 28.8 Å². The van der Waals surface area contributed by atoms with E-state index in [1.807, 2.05) is 0 Å². The second kappa shape index (κ2) is 7.35. The molecule has 1 unspecified atom stereocenters. The van der Waals surface area contributed by atoms with Crippen molar-refractivity contribution in [3.63, 3.8) is 0 Å². The summed E-state index contributed by atoms with van der Waals surface area (Å²) in [5.74, 6) is -1.75. The number of aryl methyl sites for hydroxylation is 1. The number of aromatic nitrogens is 7. The maximum absolute atomic E-state index is 13.3. The van der Waals surface area contributed by atoms with E-state index in [4.69, 9.17) is 0 Å². The molecule has 1 aliphatic rings. The summed E-state index contributed by atoms with van der Waals surface area (Å²) >= 11 is 0. The molecule has 0 spiro atoms. The van der Waals surface area contributed by atoms with Crippen molar-refractivity contribution in [2.45, 2.75) is 25.1 Å². The molecule has 33 heavy (non-hydrogen) atoms. The van der Waals surface area contributed by atoms with Crippen LogP contribution in [-0.4, -0.2) is 51.7 Å². The zero-order valence-electron chi connectivity index (χ0n) is 16.9. The summed E-state index contributed by atoms with van der Waals surface area (Å²) in [6.45, 7) is 0.178. The molecule has 0 saturated carbocycles. The van der Waals surface area contributed by atoms with Crippen LogP contribution in [0, 0.1) is 0 Å². The van der Waals surface area contributed by atoms with Crippen molar-refractivity contribution in [1.29, 1.82) is 0 Å². The maximum Gasteiger partial charge on any atom is 0.416 e. The number of nitrogens with one attached hydrogen (secondary N) is 1. The minimum absolute atomic E-state index is 0.175. The van der Waals surface area contributed by atoms with E-state index < -0.39 is 35.9 Å². The number of alkyl halides is 5. The van der Waals surface area contributed by atoms with Gasteiger partial charge in [0.1, 0.15) is 6.04 Å². The van der Waals surface area contributed by atoms with Crippen LogP contribution in [-0.2, 0) is 19.6 Å². The molecule has 1 atom stereocenters. The number of aromatic amines is 1. The first-order chi connectivity index (χ1) is 15.6. The van der Waals surface area contributed by atoms with Crippen molar-refractivity contribution in [3.8, 4) is 0 Å². The van der Waals surface area contributed by atoms with Crippen LogP contribution in [0.3, 0.4) is 0 Å². The Morgan fingerprint density at radius 2 is 2.03 bits per heavy atom. The summed E-state index contributed by atoms with van der Waals surface area (Å²) in [7, 11) is 1.33. The summed E-state index contributed by atoms with van der Waals surface area (Å²) in [5.41, 5.74) is 0.811. The molecule has 4 aromatic heterocycles. The number of nitrogens with zero attached hydrogens (tertiary/aromatic N) is 7. The quantitative estimate of drug-likeness (QED) is 0.469. The monoisotopic (exact) mass is 466 g/mol. The molecule has 1 N–H and O–H groups in total. The van der Waals surface area contributed by atoms with E-state index in [2.05, 4.69) is 25.1 Å². The third kappa shape index (κ3) is 3.50. The van der Waals surface area contributed by atoms with Crippen molar-refractivity contribution in [3.05, 3.63) is 65.0 Å². The highest BCUT2D eigenvalue weighted by atomic mass is 19.4. The summed E-state index contributed by atoms with van der Waals surface area (Å²) in [4.78, 5) is 25.6. The van der Waals surface area contributed by atoms with E-state index in [1.54, 1.807) is 0 Å². The molecular formula is C19H15F5N8O. The van der Waals surface area contributed by atoms with Crippen LogP contribution in [0.4, 0.5) is 22.0 Å². The van der Waals surface area contributed by atoms with E-state index in [-0.39, 0.29) is 23.6 Å². The van der Waals surface area contributed by atoms with Crippen molar-refractivity contribution in [1.82, 2.24) is 39.2 Å². The Morgan fingerprint density at radius 3 is 2.73 bits per heavy atom. The number of amides is 1. The van der Waals surface area contributed by atoms with Crippen LogP contribution >= 0.6 is 0 Å². The highest BCUT2D eigenvalue weighted by molar-refractivity contribution is 5.91. The fourth-order valence-electron chi connectivity index (χ4n) is 3.93. The largest absolute Gasteiger partial charge is 0.416 e. The average Bonchev–Trinajstić information content (AvgIpc) is 3.48. The van der Waals surface area contributed by atoms with Gasteiger partial charge in [-0.1, -0.05) is 0 Å². The summed E-state index contributed by atoms with van der Waals surface area (Å²) in [6, 6.07) is 2.42. The molecule has 5 rings (SSSR count). The van der Waals surface area contributed by atoms with Crippen LogP contribution in [0.1, 0.15) is 51.6 Å². The molecule has 0 aromatic carbocycles. The van der Waals surface area contributed by atoms with Crippen molar-refractivity contribution in [2.75, 3.05) is 6.54 Å². The molecule has 1 aliphatic heterocycles. The molecule has 0 radical (unpaired) electrons. The van der Waals surface area contributed by atoms with Gasteiger partial charge in [0.25, 0.3) is 12.3 Å². The Bertz CT molecular complexity index is 1350. The Hall–Kier alpha value is -3.84. The van der Waals surface area contributed by atoms with E-state index in [1.165, 1.54) is 35.1 Å². The Morgan fingerprint density at radius 1 is 1.24 bits per heavy atom. The first-order valence-corrected chi connectivity index (χ1v) is 9.72. The molecule has 9 nitrogen and oxygen atoms in total. The molecule has 5 heterocycles. The third-order valence-corrected chi connectivity index (χ3v) is 5.44. The van der Waals surface area contributed by atoms with Crippen molar-refractivity contribution in [2.24, 2.45) is 7.05 Å². The Kier molecular flexibility index (Phi) is 4.68. The van der Waals surface area contributed by atoms with Gasteiger partial charge >= 0.3 is 6.18 Å². The number of imidazole rings is 1. The number of pyridine rings is 1. The fraction of sp³-hybridized carbons (Fsp3) is 0.316. The number of carbonyl (C=O) groups is 1. The summed E-state index contributed by atoms with van der Waals surface area (Å²) < 4.78 is 67.7. The zero-order valence-corrected chi connectivity index (χ0v) is 16.9. The van der Waals surface area contributed by atoms with Gasteiger partial charge in [0, 0.05) is 31.9 Å². The number of rotatable bonds is 3. The first kappa shape index (κ1) is 21.0. The summed E-state index contributed by atoms with van der Waals surface area (Å²) in [6.07, 6.45) is -4.45. The highest BCUT2D eigenvalue weighted by Crippen LogP contribution is 2.35. The van der Waals surface area contributed by atoms with Crippen LogP contribution < -0.4 is 0 Å². The van der Waals surface area contributed by atoms with E-state index in [9.17, 15) is 26.7 Å². The first-order valence-electron chi connectivity index (χ1n) is 9.72. The predicted octanol–water partition coefficient (Wildman–Crippen LogP) is 2.93. The second-order valence-corrected chi connectivity index (χ2v) is 7.49. The van der Waals surface area contributed by atoms with Crippen molar-refractivity contribution < 1.29 is 26.7 Å². The standard InChI is InChI=1S/C19H15F5N8O/c1-30-17(27-16(29-30)15(20)21)18(33)31-4-3-11-13(26-8-25-11)14(31)12-7-10-6-9(19(22,23)24)2-5-32(10)28-12/h2,5-8,14-15H,3-4H2,1H3,(H,25,26). The Balaban J connectivity index is 1.59. The van der Waals surface area contributed by atoms with Gasteiger partial charge in [-0.2, -0.15) is 18.3 Å². The lowest BCUT2D eigenvalue weighted by Crippen LogP contribution is -2.42. The summed E-state index contributed by atoms with van der Waals surface area (Å²) in [5, 5.41) is 7.94.